The molecule has 0 aliphatic heterocycles. The number of aromatic amines is 1. The average molecular weight is 154 g/mol. The van der Waals surface area contributed by atoms with Crippen molar-refractivity contribution in [1.82, 2.24) is 15.2 Å². The molecule has 4 heteroatoms. The highest BCUT2D eigenvalue weighted by atomic mass is 15.2. The molecule has 4 nitrogen and oxygen atoms in total. The maximum atomic E-state index is 5.79. The topological polar surface area (TPSA) is 67.6 Å². The van der Waals surface area contributed by atoms with Crippen molar-refractivity contribution in [1.29, 1.82) is 0 Å². The fraction of sp³-hybridized carbons (Fsp3) is 0.714. The van der Waals surface area contributed by atoms with Crippen LogP contribution in [0.4, 0.5) is 0 Å². The molecular formula is C7H14N4. The van der Waals surface area contributed by atoms with Gasteiger partial charge in [0.15, 0.2) is 0 Å². The second-order valence-electron chi connectivity index (χ2n) is 3.42. The number of hydrogen-bond acceptors (Lipinski definition) is 3. The average Bonchev–Trinajstić information content (AvgIpc) is 2.32. The third-order valence-corrected chi connectivity index (χ3v) is 1.47. The van der Waals surface area contributed by atoms with Gasteiger partial charge in [-0.2, -0.15) is 5.10 Å². The van der Waals surface area contributed by atoms with Crippen molar-refractivity contribution in [2.75, 3.05) is 0 Å². The van der Waals surface area contributed by atoms with E-state index in [1.807, 2.05) is 13.8 Å². The van der Waals surface area contributed by atoms with Crippen molar-refractivity contribution < 1.29 is 0 Å². The molecule has 3 N–H and O–H groups in total. The van der Waals surface area contributed by atoms with Crippen LogP contribution in [0.5, 0.6) is 0 Å². The molecule has 0 atom stereocenters. The molecule has 0 radical (unpaired) electrons. The van der Waals surface area contributed by atoms with E-state index in [2.05, 4.69) is 15.2 Å². The van der Waals surface area contributed by atoms with Gasteiger partial charge in [-0.15, -0.1) is 0 Å². The van der Waals surface area contributed by atoms with Crippen LogP contribution in [-0.2, 0) is 6.42 Å². The van der Waals surface area contributed by atoms with Gasteiger partial charge < -0.3 is 5.73 Å². The third-order valence-electron chi connectivity index (χ3n) is 1.47. The minimum Gasteiger partial charge on any atom is -0.326 e. The van der Waals surface area contributed by atoms with Crippen molar-refractivity contribution in [3.8, 4) is 0 Å². The smallest absolute Gasteiger partial charge is 0.137 e. The SMILES string of the molecule is CC(C)(N)CCc1ncn[nH]1. The maximum Gasteiger partial charge on any atom is 0.137 e. The molecule has 0 aromatic carbocycles. The molecule has 62 valence electrons. The summed E-state index contributed by atoms with van der Waals surface area (Å²) in [6.07, 6.45) is 3.30. The lowest BCUT2D eigenvalue weighted by Gasteiger charge is -2.16. The molecule has 0 saturated heterocycles. The van der Waals surface area contributed by atoms with E-state index < -0.39 is 0 Å². The van der Waals surface area contributed by atoms with Gasteiger partial charge in [-0.3, -0.25) is 5.10 Å². The lowest BCUT2D eigenvalue weighted by atomic mass is 10.0. The molecule has 0 unspecified atom stereocenters. The first-order valence-electron chi connectivity index (χ1n) is 3.71. The van der Waals surface area contributed by atoms with Crippen molar-refractivity contribution in [2.45, 2.75) is 32.2 Å². The van der Waals surface area contributed by atoms with E-state index in [0.29, 0.717) is 0 Å². The monoisotopic (exact) mass is 154 g/mol. The van der Waals surface area contributed by atoms with Gasteiger partial charge in [0, 0.05) is 12.0 Å². The molecular weight excluding hydrogens is 140 g/mol. The Labute approximate surface area is 66.2 Å². The molecule has 0 saturated carbocycles. The fourth-order valence-electron chi connectivity index (χ4n) is 0.792. The first-order valence-corrected chi connectivity index (χ1v) is 3.71. The summed E-state index contributed by atoms with van der Waals surface area (Å²) in [6, 6.07) is 0. The second kappa shape index (κ2) is 3.00. The Morgan fingerprint density at radius 2 is 2.36 bits per heavy atom. The Morgan fingerprint density at radius 3 is 2.82 bits per heavy atom. The zero-order chi connectivity index (χ0) is 8.32. The van der Waals surface area contributed by atoms with Gasteiger partial charge in [-0.1, -0.05) is 0 Å². The van der Waals surface area contributed by atoms with Crippen molar-refractivity contribution >= 4 is 0 Å². The number of H-pyrrole nitrogens is 1. The third kappa shape index (κ3) is 3.13. The summed E-state index contributed by atoms with van der Waals surface area (Å²) < 4.78 is 0. The van der Waals surface area contributed by atoms with Crippen LogP contribution in [0.2, 0.25) is 0 Å². The van der Waals surface area contributed by atoms with E-state index in [-0.39, 0.29) is 5.54 Å². The summed E-state index contributed by atoms with van der Waals surface area (Å²) in [5.74, 6) is 0.906. The molecule has 0 aliphatic carbocycles. The Bertz CT molecular complexity index is 197. The minimum atomic E-state index is -0.118. The van der Waals surface area contributed by atoms with Crippen LogP contribution in [-0.4, -0.2) is 20.7 Å². The molecule has 1 aromatic rings. The normalized spacial score (nSPS) is 11.9. The molecule has 0 fully saturated rings. The van der Waals surface area contributed by atoms with Gasteiger partial charge in [0.25, 0.3) is 0 Å². The quantitative estimate of drug-likeness (QED) is 0.665. The number of nitrogens with one attached hydrogen (secondary N) is 1. The van der Waals surface area contributed by atoms with Crippen LogP contribution in [0.3, 0.4) is 0 Å². The highest BCUT2D eigenvalue weighted by Crippen LogP contribution is 2.06. The Kier molecular flexibility index (Phi) is 2.24. The number of aromatic nitrogens is 3. The number of rotatable bonds is 3. The number of nitrogens with zero attached hydrogens (tertiary/aromatic N) is 2. The van der Waals surface area contributed by atoms with E-state index in [4.69, 9.17) is 5.73 Å². The van der Waals surface area contributed by atoms with Crippen molar-refractivity contribution in [2.24, 2.45) is 5.73 Å². The molecule has 0 spiro atoms. The van der Waals surface area contributed by atoms with Gasteiger partial charge >= 0.3 is 0 Å². The molecule has 0 amide bonds. The second-order valence-corrected chi connectivity index (χ2v) is 3.42. The minimum absolute atomic E-state index is 0.118. The first kappa shape index (κ1) is 8.20. The lowest BCUT2D eigenvalue weighted by molar-refractivity contribution is 0.471. The summed E-state index contributed by atoms with van der Waals surface area (Å²) in [6.45, 7) is 4.01. The van der Waals surface area contributed by atoms with Gasteiger partial charge in [-0.25, -0.2) is 4.98 Å². The predicted octanol–water partition coefficient (Wildman–Crippen LogP) is 0.475. The van der Waals surface area contributed by atoms with E-state index in [1.165, 1.54) is 6.33 Å². The Morgan fingerprint density at radius 1 is 1.64 bits per heavy atom. The Hall–Kier alpha value is -0.900. The molecule has 0 bridgehead atoms. The highest BCUT2D eigenvalue weighted by molar-refractivity contribution is 4.84. The van der Waals surface area contributed by atoms with Gasteiger partial charge in [-0.05, 0) is 20.3 Å². The summed E-state index contributed by atoms with van der Waals surface area (Å²) in [4.78, 5) is 4.00. The van der Waals surface area contributed by atoms with Crippen LogP contribution in [0, 0.1) is 0 Å². The van der Waals surface area contributed by atoms with Crippen LogP contribution < -0.4 is 5.73 Å². The van der Waals surface area contributed by atoms with Crippen LogP contribution >= 0.6 is 0 Å². The van der Waals surface area contributed by atoms with Crippen LogP contribution in [0.25, 0.3) is 0 Å². The molecule has 1 aromatic heterocycles. The Balaban J connectivity index is 2.35. The van der Waals surface area contributed by atoms with E-state index in [0.717, 1.165) is 18.7 Å². The number of hydrogen-bond donors (Lipinski definition) is 2. The summed E-state index contributed by atoms with van der Waals surface area (Å²) in [7, 11) is 0. The highest BCUT2D eigenvalue weighted by Gasteiger charge is 2.10. The van der Waals surface area contributed by atoms with E-state index in [9.17, 15) is 0 Å². The predicted molar refractivity (Wildman–Crippen MR) is 43.0 cm³/mol. The van der Waals surface area contributed by atoms with Crippen LogP contribution in [0.1, 0.15) is 26.1 Å². The van der Waals surface area contributed by atoms with Gasteiger partial charge in [0.05, 0.1) is 0 Å². The standard InChI is InChI=1S/C7H14N4/c1-7(2,8)4-3-6-9-5-10-11-6/h5H,3-4,8H2,1-2H3,(H,9,10,11). The molecule has 0 aliphatic rings. The molecule has 1 heterocycles. The molecule has 1 rings (SSSR count). The summed E-state index contributed by atoms with van der Waals surface area (Å²) >= 11 is 0. The largest absolute Gasteiger partial charge is 0.326 e. The van der Waals surface area contributed by atoms with E-state index in [1.54, 1.807) is 0 Å². The number of aryl methyl sites for hydroxylation is 1. The van der Waals surface area contributed by atoms with Crippen LogP contribution in [0.15, 0.2) is 6.33 Å². The lowest BCUT2D eigenvalue weighted by Crippen LogP contribution is -2.32. The zero-order valence-corrected chi connectivity index (χ0v) is 6.96. The van der Waals surface area contributed by atoms with E-state index >= 15 is 0 Å². The van der Waals surface area contributed by atoms with Gasteiger partial charge in [0.1, 0.15) is 12.2 Å². The summed E-state index contributed by atoms with van der Waals surface area (Å²) in [5, 5.41) is 6.54. The van der Waals surface area contributed by atoms with Crippen molar-refractivity contribution in [3.05, 3.63) is 12.2 Å². The fourth-order valence-corrected chi connectivity index (χ4v) is 0.792. The molecule has 11 heavy (non-hydrogen) atoms. The number of nitrogens with two attached hydrogens (primary N) is 1. The van der Waals surface area contributed by atoms with Gasteiger partial charge in [0.2, 0.25) is 0 Å². The van der Waals surface area contributed by atoms with Crippen molar-refractivity contribution in [3.63, 3.8) is 0 Å². The zero-order valence-electron chi connectivity index (χ0n) is 6.96. The maximum absolute atomic E-state index is 5.79. The first-order chi connectivity index (χ1) is 5.08. The summed E-state index contributed by atoms with van der Waals surface area (Å²) in [5.41, 5.74) is 5.67.